The number of rotatable bonds is 3. The molecule has 1 rings (SSSR count). The normalized spacial score (nSPS) is 24.7. The largest absolute Gasteiger partial charge is 0.301 e. The first-order chi connectivity index (χ1) is 5.74. The van der Waals surface area contributed by atoms with Gasteiger partial charge in [-0.1, -0.05) is 0 Å². The van der Waals surface area contributed by atoms with E-state index in [9.17, 15) is 0 Å². The zero-order chi connectivity index (χ0) is 8.97. The van der Waals surface area contributed by atoms with Crippen LogP contribution in [0.15, 0.2) is 0 Å². The molecule has 0 spiro atoms. The van der Waals surface area contributed by atoms with Gasteiger partial charge in [0.1, 0.15) is 0 Å². The molecule has 0 amide bonds. The Balaban J connectivity index is 2.22. The lowest BCUT2D eigenvalue weighted by Gasteiger charge is -2.19. The van der Waals surface area contributed by atoms with Crippen LogP contribution in [0.2, 0.25) is 0 Å². The first kappa shape index (κ1) is 9.54. The lowest BCUT2D eigenvalue weighted by molar-refractivity contribution is 0.263. The van der Waals surface area contributed by atoms with Crippen LogP contribution in [0.1, 0.15) is 33.1 Å². The predicted molar refractivity (Wildman–Crippen MR) is 49.7 cm³/mol. The average molecular weight is 166 g/mol. The Morgan fingerprint density at radius 2 is 2.33 bits per heavy atom. The van der Waals surface area contributed by atoms with Crippen molar-refractivity contribution >= 4 is 0 Å². The van der Waals surface area contributed by atoms with Crippen LogP contribution in [0.25, 0.3) is 0 Å². The van der Waals surface area contributed by atoms with Gasteiger partial charge in [-0.3, -0.25) is 0 Å². The fourth-order valence-electron chi connectivity index (χ4n) is 1.84. The summed E-state index contributed by atoms with van der Waals surface area (Å²) in [6.07, 6.45) is 3.12. The van der Waals surface area contributed by atoms with Crippen molar-refractivity contribution < 1.29 is 0 Å². The molecule has 0 aliphatic carbocycles. The van der Waals surface area contributed by atoms with E-state index in [2.05, 4.69) is 24.8 Å². The summed E-state index contributed by atoms with van der Waals surface area (Å²) in [6, 6.07) is 2.90. The third-order valence-corrected chi connectivity index (χ3v) is 2.71. The maximum atomic E-state index is 8.44. The molecule has 2 nitrogen and oxygen atoms in total. The van der Waals surface area contributed by atoms with E-state index >= 15 is 0 Å². The molecule has 1 aliphatic heterocycles. The fraction of sp³-hybridized carbons (Fsp3) is 0.900. The second-order valence-corrected chi connectivity index (χ2v) is 3.94. The summed E-state index contributed by atoms with van der Waals surface area (Å²) < 4.78 is 0. The molecule has 0 aromatic carbocycles. The number of nitrogens with zero attached hydrogens (tertiary/aromatic N) is 2. The third-order valence-electron chi connectivity index (χ3n) is 2.71. The summed E-state index contributed by atoms with van der Waals surface area (Å²) in [6.45, 7) is 6.92. The van der Waals surface area contributed by atoms with E-state index in [1.165, 1.54) is 19.5 Å². The molecule has 1 unspecified atom stereocenters. The summed E-state index contributed by atoms with van der Waals surface area (Å²) >= 11 is 0. The maximum absolute atomic E-state index is 8.44. The van der Waals surface area contributed by atoms with Crippen molar-refractivity contribution in [2.24, 2.45) is 5.92 Å². The molecule has 68 valence electrons. The summed E-state index contributed by atoms with van der Waals surface area (Å²) in [5, 5.41) is 8.44. The van der Waals surface area contributed by atoms with E-state index < -0.39 is 0 Å². The Morgan fingerprint density at radius 1 is 1.58 bits per heavy atom. The van der Waals surface area contributed by atoms with Crippen molar-refractivity contribution in [2.75, 3.05) is 13.1 Å². The van der Waals surface area contributed by atoms with E-state index in [4.69, 9.17) is 5.26 Å². The van der Waals surface area contributed by atoms with Gasteiger partial charge in [0.2, 0.25) is 0 Å². The Labute approximate surface area is 75.2 Å². The lowest BCUT2D eigenvalue weighted by Crippen LogP contribution is -2.28. The Hall–Kier alpha value is -0.550. The third kappa shape index (κ3) is 2.49. The average Bonchev–Trinajstić information content (AvgIpc) is 2.48. The smallest absolute Gasteiger partial charge is 0.0621 e. The number of nitriles is 1. The van der Waals surface area contributed by atoms with Crippen LogP contribution in [0, 0.1) is 17.2 Å². The number of hydrogen-bond acceptors (Lipinski definition) is 2. The van der Waals surface area contributed by atoms with Crippen molar-refractivity contribution in [3.8, 4) is 6.07 Å². The van der Waals surface area contributed by atoms with Crippen LogP contribution in [0.5, 0.6) is 0 Å². The topological polar surface area (TPSA) is 27.0 Å². The van der Waals surface area contributed by atoms with Crippen molar-refractivity contribution in [1.82, 2.24) is 4.90 Å². The molecule has 1 fully saturated rings. The zero-order valence-corrected chi connectivity index (χ0v) is 8.08. The monoisotopic (exact) mass is 166 g/mol. The van der Waals surface area contributed by atoms with Crippen molar-refractivity contribution in [1.29, 1.82) is 5.26 Å². The molecular weight excluding hydrogens is 148 g/mol. The maximum Gasteiger partial charge on any atom is 0.0621 e. The van der Waals surface area contributed by atoms with Crippen LogP contribution < -0.4 is 0 Å². The molecule has 1 saturated heterocycles. The highest BCUT2D eigenvalue weighted by atomic mass is 15.2. The Morgan fingerprint density at radius 3 is 2.83 bits per heavy atom. The predicted octanol–water partition coefficient (Wildman–Crippen LogP) is 2.02. The van der Waals surface area contributed by atoms with E-state index in [1.807, 2.05) is 0 Å². The molecule has 0 aromatic rings. The van der Waals surface area contributed by atoms with Gasteiger partial charge in [0, 0.05) is 19.0 Å². The summed E-state index contributed by atoms with van der Waals surface area (Å²) in [5.74, 6) is 0.784. The molecule has 0 N–H and O–H groups in total. The summed E-state index contributed by atoms with van der Waals surface area (Å²) in [5.41, 5.74) is 0. The van der Waals surface area contributed by atoms with E-state index in [1.54, 1.807) is 0 Å². The highest BCUT2D eigenvalue weighted by molar-refractivity contribution is 4.80. The minimum Gasteiger partial charge on any atom is -0.301 e. The van der Waals surface area contributed by atoms with Crippen molar-refractivity contribution in [2.45, 2.75) is 39.2 Å². The summed E-state index contributed by atoms with van der Waals surface area (Å²) in [7, 11) is 0. The highest BCUT2D eigenvalue weighted by Crippen LogP contribution is 2.22. The molecule has 1 heterocycles. The van der Waals surface area contributed by atoms with Gasteiger partial charge in [0.05, 0.1) is 6.07 Å². The molecule has 0 bridgehead atoms. The quantitative estimate of drug-likeness (QED) is 0.641. The minimum absolute atomic E-state index is 0.678. The molecular formula is C10H18N2. The fourth-order valence-corrected chi connectivity index (χ4v) is 1.84. The van der Waals surface area contributed by atoms with Gasteiger partial charge >= 0.3 is 0 Å². The molecule has 1 atom stereocenters. The first-order valence-corrected chi connectivity index (χ1v) is 4.85. The van der Waals surface area contributed by atoms with E-state index in [0.717, 1.165) is 18.8 Å². The lowest BCUT2D eigenvalue weighted by atomic mass is 10.0. The van der Waals surface area contributed by atoms with Crippen LogP contribution in [-0.2, 0) is 0 Å². The number of hydrogen-bond donors (Lipinski definition) is 0. The van der Waals surface area contributed by atoms with E-state index in [-0.39, 0.29) is 0 Å². The highest BCUT2D eigenvalue weighted by Gasteiger charge is 2.23. The molecule has 0 aromatic heterocycles. The van der Waals surface area contributed by atoms with Crippen LogP contribution >= 0.6 is 0 Å². The molecule has 0 radical (unpaired) electrons. The minimum atomic E-state index is 0.678. The van der Waals surface area contributed by atoms with Gasteiger partial charge in [-0.05, 0) is 39.2 Å². The van der Waals surface area contributed by atoms with Crippen LogP contribution in [0.3, 0.4) is 0 Å². The molecule has 12 heavy (non-hydrogen) atoms. The second kappa shape index (κ2) is 4.47. The molecule has 2 heteroatoms. The van der Waals surface area contributed by atoms with Gasteiger partial charge in [0.25, 0.3) is 0 Å². The van der Waals surface area contributed by atoms with Gasteiger partial charge in [0.15, 0.2) is 0 Å². The van der Waals surface area contributed by atoms with Crippen molar-refractivity contribution in [3.05, 3.63) is 0 Å². The second-order valence-electron chi connectivity index (χ2n) is 3.94. The van der Waals surface area contributed by atoms with Crippen LogP contribution in [0.4, 0.5) is 0 Å². The Bertz CT molecular complexity index is 169. The zero-order valence-electron chi connectivity index (χ0n) is 8.08. The van der Waals surface area contributed by atoms with E-state index in [0.29, 0.717) is 6.04 Å². The van der Waals surface area contributed by atoms with Gasteiger partial charge < -0.3 is 4.90 Å². The van der Waals surface area contributed by atoms with Gasteiger partial charge in [-0.15, -0.1) is 0 Å². The standard InChI is InChI=1S/C10H18N2/c1-9(2)12-7-5-10(8-12)4-3-6-11/h9-10H,3-5,7-8H2,1-2H3. The molecule has 0 saturated carbocycles. The van der Waals surface area contributed by atoms with Crippen molar-refractivity contribution in [3.63, 3.8) is 0 Å². The Kier molecular flexibility index (Phi) is 3.55. The van der Waals surface area contributed by atoms with Gasteiger partial charge in [-0.2, -0.15) is 5.26 Å². The first-order valence-electron chi connectivity index (χ1n) is 4.85. The molecule has 1 aliphatic rings. The SMILES string of the molecule is CC(C)N1CCC(CCC#N)C1. The van der Waals surface area contributed by atoms with Crippen LogP contribution in [-0.4, -0.2) is 24.0 Å². The number of likely N-dealkylation sites (tertiary alicyclic amines) is 1. The summed E-state index contributed by atoms with van der Waals surface area (Å²) in [4.78, 5) is 2.50. The van der Waals surface area contributed by atoms with Gasteiger partial charge in [-0.25, -0.2) is 0 Å².